The summed E-state index contributed by atoms with van der Waals surface area (Å²) in [5.74, 6) is -0.217. The zero-order valence-corrected chi connectivity index (χ0v) is 13.8. The Kier molecular flexibility index (Phi) is 4.39. The number of benzene rings is 1. The lowest BCUT2D eigenvalue weighted by Gasteiger charge is -2.09. The molecule has 0 saturated heterocycles. The molecule has 0 spiro atoms. The average Bonchev–Trinajstić information content (AvgIpc) is 3.18. The number of carbonyl (C=O) groups is 1. The fraction of sp³-hybridized carbons (Fsp3) is 0.111. The van der Waals surface area contributed by atoms with Crippen molar-refractivity contribution in [1.82, 2.24) is 9.99 Å². The summed E-state index contributed by atoms with van der Waals surface area (Å²) >= 11 is 1.57. The lowest BCUT2D eigenvalue weighted by molar-refractivity contribution is 0.0955. The molecule has 1 amide bonds. The van der Waals surface area contributed by atoms with E-state index in [1.54, 1.807) is 17.6 Å². The highest BCUT2D eigenvalue weighted by atomic mass is 32.1. The molecule has 0 fully saturated rings. The number of rotatable bonds is 4. The Morgan fingerprint density at radius 3 is 2.39 bits per heavy atom. The highest BCUT2D eigenvalue weighted by molar-refractivity contribution is 7.11. The first kappa shape index (κ1) is 15.2. The van der Waals surface area contributed by atoms with Crippen LogP contribution in [0.1, 0.15) is 26.6 Å². The van der Waals surface area contributed by atoms with Crippen LogP contribution in [0.4, 0.5) is 0 Å². The number of carbonyl (C=O) groups excluding carboxylic acids is 1. The van der Waals surface area contributed by atoms with Gasteiger partial charge in [-0.25, -0.2) is 5.43 Å². The second kappa shape index (κ2) is 6.62. The topological polar surface area (TPSA) is 46.4 Å². The van der Waals surface area contributed by atoms with Gasteiger partial charge in [0.25, 0.3) is 5.91 Å². The van der Waals surface area contributed by atoms with E-state index in [0.717, 1.165) is 10.6 Å². The van der Waals surface area contributed by atoms with Crippen LogP contribution in [0.3, 0.4) is 0 Å². The molecule has 0 radical (unpaired) electrons. The van der Waals surface area contributed by atoms with E-state index in [4.69, 9.17) is 0 Å². The summed E-state index contributed by atoms with van der Waals surface area (Å²) in [6, 6.07) is 15.5. The van der Waals surface area contributed by atoms with Crippen LogP contribution < -0.4 is 5.43 Å². The molecule has 116 valence electrons. The van der Waals surface area contributed by atoms with Gasteiger partial charge in [0.05, 0.1) is 6.21 Å². The Morgan fingerprint density at radius 2 is 1.78 bits per heavy atom. The number of thiophene rings is 1. The third-order valence-electron chi connectivity index (χ3n) is 3.56. The maximum atomic E-state index is 12.1. The van der Waals surface area contributed by atoms with Crippen molar-refractivity contribution < 1.29 is 4.79 Å². The van der Waals surface area contributed by atoms with Gasteiger partial charge in [0.2, 0.25) is 0 Å². The largest absolute Gasteiger partial charge is 0.319 e. The van der Waals surface area contributed by atoms with Gasteiger partial charge in [0, 0.05) is 27.5 Å². The first-order valence-electron chi connectivity index (χ1n) is 7.27. The minimum absolute atomic E-state index is 0.217. The summed E-state index contributed by atoms with van der Waals surface area (Å²) < 4.78 is 2.15. The monoisotopic (exact) mass is 323 g/mol. The summed E-state index contributed by atoms with van der Waals surface area (Å²) in [6.45, 7) is 4.12. The Bertz CT molecular complexity index is 810. The Hall–Kier alpha value is -2.66. The van der Waals surface area contributed by atoms with E-state index in [9.17, 15) is 4.79 Å². The highest BCUT2D eigenvalue weighted by Gasteiger charge is 2.07. The van der Waals surface area contributed by atoms with Crippen molar-refractivity contribution in [3.05, 3.63) is 75.7 Å². The van der Waals surface area contributed by atoms with Crippen LogP contribution in [-0.2, 0) is 0 Å². The number of aromatic nitrogens is 1. The van der Waals surface area contributed by atoms with Crippen molar-refractivity contribution in [1.29, 1.82) is 0 Å². The summed E-state index contributed by atoms with van der Waals surface area (Å²) in [6.07, 6.45) is 1.64. The van der Waals surface area contributed by atoms with Gasteiger partial charge in [0.1, 0.15) is 0 Å². The Morgan fingerprint density at radius 1 is 1.09 bits per heavy atom. The quantitative estimate of drug-likeness (QED) is 0.574. The molecule has 1 aromatic carbocycles. The number of nitrogens with one attached hydrogen (secondary N) is 1. The summed E-state index contributed by atoms with van der Waals surface area (Å²) in [5.41, 5.74) is 6.51. The molecule has 0 aliphatic carbocycles. The van der Waals surface area contributed by atoms with Gasteiger partial charge in [-0.1, -0.05) is 6.07 Å². The lowest BCUT2D eigenvalue weighted by atomic mass is 10.2. The summed E-state index contributed by atoms with van der Waals surface area (Å²) in [4.78, 5) is 13.1. The zero-order chi connectivity index (χ0) is 16.2. The molecular formula is C18H17N3OS. The SMILES string of the molecule is Cc1ccc(C)n1-c1ccc(C(=O)N/N=C\c2cccs2)cc1. The number of hydrogen-bond donors (Lipinski definition) is 1. The molecular weight excluding hydrogens is 306 g/mol. The van der Waals surface area contributed by atoms with Gasteiger partial charge < -0.3 is 4.57 Å². The summed E-state index contributed by atoms with van der Waals surface area (Å²) in [7, 11) is 0. The van der Waals surface area contributed by atoms with E-state index >= 15 is 0 Å². The van der Waals surface area contributed by atoms with Crippen molar-refractivity contribution in [2.24, 2.45) is 5.10 Å². The van der Waals surface area contributed by atoms with Crippen molar-refractivity contribution >= 4 is 23.5 Å². The van der Waals surface area contributed by atoms with Gasteiger partial charge in [0.15, 0.2) is 0 Å². The van der Waals surface area contributed by atoms with Gasteiger partial charge in [-0.05, 0) is 61.7 Å². The highest BCUT2D eigenvalue weighted by Crippen LogP contribution is 2.16. The number of amides is 1. The fourth-order valence-electron chi connectivity index (χ4n) is 2.42. The van der Waals surface area contributed by atoms with Gasteiger partial charge in [-0.3, -0.25) is 4.79 Å². The summed E-state index contributed by atoms with van der Waals surface area (Å²) in [5, 5.41) is 5.94. The minimum atomic E-state index is -0.217. The minimum Gasteiger partial charge on any atom is -0.319 e. The normalized spacial score (nSPS) is 11.0. The van der Waals surface area contributed by atoms with Gasteiger partial charge in [-0.15, -0.1) is 11.3 Å². The third-order valence-corrected chi connectivity index (χ3v) is 4.37. The molecule has 23 heavy (non-hydrogen) atoms. The van der Waals surface area contributed by atoms with E-state index in [2.05, 4.69) is 41.1 Å². The van der Waals surface area contributed by atoms with Gasteiger partial charge >= 0.3 is 0 Å². The van der Waals surface area contributed by atoms with E-state index < -0.39 is 0 Å². The molecule has 0 bridgehead atoms. The van der Waals surface area contributed by atoms with E-state index in [0.29, 0.717) is 5.56 Å². The number of hydrogen-bond acceptors (Lipinski definition) is 3. The molecule has 2 heterocycles. The number of nitrogens with zero attached hydrogens (tertiary/aromatic N) is 2. The zero-order valence-electron chi connectivity index (χ0n) is 13.0. The Balaban J connectivity index is 1.71. The molecule has 0 aliphatic heterocycles. The maximum Gasteiger partial charge on any atom is 0.271 e. The van der Waals surface area contributed by atoms with Crippen LogP contribution in [0.25, 0.3) is 5.69 Å². The van der Waals surface area contributed by atoms with E-state index in [1.807, 2.05) is 41.8 Å². The Labute approximate surface area is 139 Å². The van der Waals surface area contributed by atoms with Gasteiger partial charge in [-0.2, -0.15) is 5.10 Å². The first-order chi connectivity index (χ1) is 11.1. The molecule has 3 aromatic rings. The predicted octanol–water partition coefficient (Wildman–Crippen LogP) is 3.92. The molecule has 0 unspecified atom stereocenters. The van der Waals surface area contributed by atoms with Crippen LogP contribution >= 0.6 is 11.3 Å². The average molecular weight is 323 g/mol. The molecule has 4 nitrogen and oxygen atoms in total. The van der Waals surface area contributed by atoms with E-state index in [1.165, 1.54) is 11.4 Å². The number of aryl methyl sites for hydroxylation is 2. The molecule has 1 N–H and O–H groups in total. The number of hydrazone groups is 1. The third kappa shape index (κ3) is 3.40. The first-order valence-corrected chi connectivity index (χ1v) is 8.15. The second-order valence-corrected chi connectivity index (χ2v) is 6.19. The standard InChI is InChI=1S/C18H17N3OS/c1-13-5-6-14(2)21(13)16-9-7-15(8-10-16)18(22)20-19-12-17-4-3-11-23-17/h3-12H,1-2H3,(H,20,22)/b19-12-. The van der Waals surface area contributed by atoms with Crippen LogP contribution in [0.2, 0.25) is 0 Å². The van der Waals surface area contributed by atoms with Crippen LogP contribution in [0.5, 0.6) is 0 Å². The molecule has 0 aliphatic rings. The van der Waals surface area contributed by atoms with Crippen molar-refractivity contribution in [2.75, 3.05) is 0 Å². The van der Waals surface area contributed by atoms with Crippen molar-refractivity contribution in [3.8, 4) is 5.69 Å². The maximum absolute atomic E-state index is 12.1. The molecule has 0 atom stereocenters. The molecule has 0 saturated carbocycles. The van der Waals surface area contributed by atoms with Crippen LogP contribution in [-0.4, -0.2) is 16.7 Å². The predicted molar refractivity (Wildman–Crippen MR) is 94.6 cm³/mol. The van der Waals surface area contributed by atoms with Crippen LogP contribution in [0.15, 0.2) is 59.0 Å². The van der Waals surface area contributed by atoms with E-state index in [-0.39, 0.29) is 5.91 Å². The molecule has 3 rings (SSSR count). The lowest BCUT2D eigenvalue weighted by Crippen LogP contribution is -2.17. The molecule has 2 aromatic heterocycles. The van der Waals surface area contributed by atoms with Crippen molar-refractivity contribution in [3.63, 3.8) is 0 Å². The van der Waals surface area contributed by atoms with Crippen LogP contribution in [0, 0.1) is 13.8 Å². The van der Waals surface area contributed by atoms with Crippen molar-refractivity contribution in [2.45, 2.75) is 13.8 Å². The second-order valence-electron chi connectivity index (χ2n) is 5.21. The fourth-order valence-corrected chi connectivity index (χ4v) is 3.01. The molecule has 5 heteroatoms. The smallest absolute Gasteiger partial charge is 0.271 e.